The molecule has 0 saturated carbocycles. The molecular formula is C17H15N3O2S. The van der Waals surface area contributed by atoms with Gasteiger partial charge in [0.25, 0.3) is 0 Å². The van der Waals surface area contributed by atoms with Crippen molar-refractivity contribution in [1.29, 1.82) is 5.26 Å². The molecule has 0 unspecified atom stereocenters. The van der Waals surface area contributed by atoms with Crippen molar-refractivity contribution < 1.29 is 8.42 Å². The van der Waals surface area contributed by atoms with E-state index in [-0.39, 0.29) is 4.90 Å². The highest BCUT2D eigenvalue weighted by atomic mass is 32.2. The maximum absolute atomic E-state index is 11.3. The standard InChI is InChI=1S/C17H15N3O2S/c18-10-12-4-9-17(20-11-12)16-3-1-2-15(16)13-5-7-14(8-6-13)23(19,21)22/h4-9,11H,1-3H2,(H2,19,21,22). The van der Waals surface area contributed by atoms with Crippen LogP contribution >= 0.6 is 0 Å². The molecule has 0 fully saturated rings. The second-order valence-corrected chi connectivity index (χ2v) is 6.99. The molecular weight excluding hydrogens is 310 g/mol. The number of nitrogens with zero attached hydrogens (tertiary/aromatic N) is 2. The second-order valence-electron chi connectivity index (χ2n) is 5.42. The van der Waals surface area contributed by atoms with Gasteiger partial charge in [-0.1, -0.05) is 12.1 Å². The minimum Gasteiger partial charge on any atom is -0.255 e. The first-order chi connectivity index (χ1) is 11.0. The fourth-order valence-corrected chi connectivity index (χ4v) is 3.34. The summed E-state index contributed by atoms with van der Waals surface area (Å²) in [6, 6.07) is 12.3. The Balaban J connectivity index is 2.00. The van der Waals surface area contributed by atoms with Gasteiger partial charge in [0.1, 0.15) is 6.07 Å². The summed E-state index contributed by atoms with van der Waals surface area (Å²) in [5.74, 6) is 0. The van der Waals surface area contributed by atoms with Crippen LogP contribution in [-0.2, 0) is 10.0 Å². The number of benzene rings is 1. The van der Waals surface area contributed by atoms with Gasteiger partial charge in [0, 0.05) is 6.20 Å². The largest absolute Gasteiger partial charge is 0.255 e. The molecule has 5 nitrogen and oxygen atoms in total. The maximum atomic E-state index is 11.3. The molecule has 1 aliphatic rings. The predicted octanol–water partition coefficient (Wildman–Crippen LogP) is 2.70. The molecule has 2 N–H and O–H groups in total. The van der Waals surface area contributed by atoms with Crippen molar-refractivity contribution >= 4 is 21.2 Å². The summed E-state index contributed by atoms with van der Waals surface area (Å²) >= 11 is 0. The molecule has 6 heteroatoms. The van der Waals surface area contributed by atoms with E-state index in [2.05, 4.69) is 11.1 Å². The van der Waals surface area contributed by atoms with Crippen molar-refractivity contribution in [3.8, 4) is 6.07 Å². The van der Waals surface area contributed by atoms with E-state index in [0.717, 1.165) is 36.1 Å². The van der Waals surface area contributed by atoms with Crippen molar-refractivity contribution in [2.45, 2.75) is 24.2 Å². The van der Waals surface area contributed by atoms with Crippen LogP contribution in [0.5, 0.6) is 0 Å². The Kier molecular flexibility index (Phi) is 3.99. The van der Waals surface area contributed by atoms with E-state index in [0.29, 0.717) is 5.56 Å². The number of nitrogens with two attached hydrogens (primary N) is 1. The van der Waals surface area contributed by atoms with Gasteiger partial charge in [0.05, 0.1) is 16.2 Å². The van der Waals surface area contributed by atoms with E-state index in [1.165, 1.54) is 17.7 Å². The lowest BCUT2D eigenvalue weighted by Crippen LogP contribution is -2.11. The van der Waals surface area contributed by atoms with Crippen molar-refractivity contribution in [3.63, 3.8) is 0 Å². The molecule has 2 aromatic rings. The van der Waals surface area contributed by atoms with Gasteiger partial charge < -0.3 is 0 Å². The highest BCUT2D eigenvalue weighted by Crippen LogP contribution is 2.39. The van der Waals surface area contributed by atoms with Crippen LogP contribution < -0.4 is 5.14 Å². The molecule has 116 valence electrons. The van der Waals surface area contributed by atoms with E-state index in [1.54, 1.807) is 24.4 Å². The summed E-state index contributed by atoms with van der Waals surface area (Å²) in [6.07, 6.45) is 4.45. The average Bonchev–Trinajstić information content (AvgIpc) is 3.04. The minimum absolute atomic E-state index is 0.109. The molecule has 1 aromatic heterocycles. The van der Waals surface area contributed by atoms with E-state index < -0.39 is 10.0 Å². The van der Waals surface area contributed by atoms with Crippen molar-refractivity contribution in [2.75, 3.05) is 0 Å². The molecule has 0 aliphatic heterocycles. The van der Waals surface area contributed by atoms with Crippen molar-refractivity contribution in [1.82, 2.24) is 4.98 Å². The average molecular weight is 325 g/mol. The van der Waals surface area contributed by atoms with Gasteiger partial charge in [0.2, 0.25) is 10.0 Å². The number of primary sulfonamides is 1. The van der Waals surface area contributed by atoms with Crippen LogP contribution in [0.1, 0.15) is 36.1 Å². The van der Waals surface area contributed by atoms with Crippen molar-refractivity contribution in [3.05, 3.63) is 59.4 Å². The fraction of sp³-hybridized carbons (Fsp3) is 0.176. The Morgan fingerprint density at radius 1 is 1.04 bits per heavy atom. The summed E-state index contributed by atoms with van der Waals surface area (Å²) < 4.78 is 22.7. The molecule has 1 heterocycles. The Labute approximate surface area is 135 Å². The van der Waals surface area contributed by atoms with Gasteiger partial charge >= 0.3 is 0 Å². The molecule has 0 spiro atoms. The van der Waals surface area contributed by atoms with E-state index in [4.69, 9.17) is 10.4 Å². The molecule has 0 radical (unpaired) electrons. The van der Waals surface area contributed by atoms with Crippen LogP contribution in [0.25, 0.3) is 11.1 Å². The summed E-state index contributed by atoms with van der Waals surface area (Å²) in [4.78, 5) is 4.48. The quantitative estimate of drug-likeness (QED) is 0.938. The second kappa shape index (κ2) is 5.95. The Bertz CT molecular complexity index is 906. The SMILES string of the molecule is N#Cc1ccc(C2=C(c3ccc(S(N)(=O)=O)cc3)CCC2)nc1. The van der Waals surface area contributed by atoms with Gasteiger partial charge in [-0.25, -0.2) is 13.6 Å². The summed E-state index contributed by atoms with van der Waals surface area (Å²) in [5.41, 5.74) is 4.70. The summed E-state index contributed by atoms with van der Waals surface area (Å²) in [5, 5.41) is 14.0. The van der Waals surface area contributed by atoms with Crippen LogP contribution in [0.4, 0.5) is 0 Å². The molecule has 3 rings (SSSR count). The van der Waals surface area contributed by atoms with Crippen LogP contribution in [0.15, 0.2) is 47.5 Å². The number of sulfonamides is 1. The predicted molar refractivity (Wildman–Crippen MR) is 87.4 cm³/mol. The number of hydrogen-bond donors (Lipinski definition) is 1. The third kappa shape index (κ3) is 3.16. The first-order valence-electron chi connectivity index (χ1n) is 7.21. The van der Waals surface area contributed by atoms with Gasteiger partial charge in [-0.15, -0.1) is 0 Å². The fourth-order valence-electron chi connectivity index (χ4n) is 2.83. The van der Waals surface area contributed by atoms with E-state index in [1.807, 2.05) is 6.07 Å². The third-order valence-corrected chi connectivity index (χ3v) is 4.88. The maximum Gasteiger partial charge on any atom is 0.238 e. The first kappa shape index (κ1) is 15.4. The Morgan fingerprint density at radius 3 is 2.30 bits per heavy atom. The minimum atomic E-state index is -3.68. The lowest BCUT2D eigenvalue weighted by molar-refractivity contribution is 0.598. The third-order valence-electron chi connectivity index (χ3n) is 3.95. The van der Waals surface area contributed by atoms with Gasteiger partial charge in [-0.2, -0.15) is 5.26 Å². The summed E-state index contributed by atoms with van der Waals surface area (Å²) in [6.45, 7) is 0. The van der Waals surface area contributed by atoms with Gasteiger partial charge in [-0.3, -0.25) is 4.98 Å². The van der Waals surface area contributed by atoms with Crippen LogP contribution in [0, 0.1) is 11.3 Å². The molecule has 0 atom stereocenters. The topological polar surface area (TPSA) is 96.8 Å². The number of aromatic nitrogens is 1. The molecule has 1 aromatic carbocycles. The Morgan fingerprint density at radius 2 is 1.74 bits per heavy atom. The number of nitriles is 1. The Hall–Kier alpha value is -2.49. The molecule has 1 aliphatic carbocycles. The lowest BCUT2D eigenvalue weighted by atomic mass is 10.00. The molecule has 0 bridgehead atoms. The van der Waals surface area contributed by atoms with Crippen LogP contribution in [0.3, 0.4) is 0 Å². The number of pyridine rings is 1. The van der Waals surface area contributed by atoms with Crippen LogP contribution in [-0.4, -0.2) is 13.4 Å². The number of hydrogen-bond acceptors (Lipinski definition) is 4. The monoisotopic (exact) mass is 325 g/mol. The molecule has 0 amide bonds. The molecule has 0 saturated heterocycles. The van der Waals surface area contributed by atoms with Crippen molar-refractivity contribution in [2.24, 2.45) is 5.14 Å². The molecule has 23 heavy (non-hydrogen) atoms. The summed E-state index contributed by atoms with van der Waals surface area (Å²) in [7, 11) is -3.68. The number of rotatable bonds is 3. The zero-order chi connectivity index (χ0) is 16.4. The van der Waals surface area contributed by atoms with E-state index in [9.17, 15) is 8.42 Å². The normalized spacial score (nSPS) is 14.8. The first-order valence-corrected chi connectivity index (χ1v) is 8.75. The van der Waals surface area contributed by atoms with Crippen LogP contribution in [0.2, 0.25) is 0 Å². The lowest BCUT2D eigenvalue weighted by Gasteiger charge is -2.08. The highest BCUT2D eigenvalue weighted by Gasteiger charge is 2.19. The smallest absolute Gasteiger partial charge is 0.238 e. The van der Waals surface area contributed by atoms with E-state index >= 15 is 0 Å². The zero-order valence-electron chi connectivity index (χ0n) is 12.4. The highest BCUT2D eigenvalue weighted by molar-refractivity contribution is 7.89. The zero-order valence-corrected chi connectivity index (χ0v) is 13.2. The van der Waals surface area contributed by atoms with Gasteiger partial charge in [-0.05, 0) is 60.2 Å². The number of allylic oxidation sites excluding steroid dienone is 2. The van der Waals surface area contributed by atoms with Gasteiger partial charge in [0.15, 0.2) is 0 Å².